The van der Waals surface area contributed by atoms with E-state index in [0.717, 1.165) is 0 Å². The van der Waals surface area contributed by atoms with E-state index in [1.165, 1.54) is 12.1 Å². The molecule has 46 heavy (non-hydrogen) atoms. The van der Waals surface area contributed by atoms with Gasteiger partial charge in [0, 0.05) is 23.8 Å². The summed E-state index contributed by atoms with van der Waals surface area (Å²) in [6.45, 7) is -0.594. The topological polar surface area (TPSA) is 112 Å². The van der Waals surface area contributed by atoms with Gasteiger partial charge in [-0.2, -0.15) is 27.2 Å². The Morgan fingerprint density at radius 1 is 1.07 bits per heavy atom. The molecule has 2 aliphatic rings. The summed E-state index contributed by atoms with van der Waals surface area (Å²) in [6.07, 6.45) is -2.51. The highest BCUT2D eigenvalue weighted by atomic mass is 32.2. The molecule has 1 heterocycles. The molecule has 0 spiro atoms. The van der Waals surface area contributed by atoms with Crippen LogP contribution in [0.25, 0.3) is 0 Å². The highest BCUT2D eigenvalue weighted by Crippen LogP contribution is 2.39. The Labute approximate surface area is 266 Å². The Morgan fingerprint density at radius 2 is 1.72 bits per heavy atom. The van der Waals surface area contributed by atoms with Gasteiger partial charge in [-0.25, -0.2) is 8.42 Å². The number of amides is 1. The van der Waals surface area contributed by atoms with Crippen LogP contribution in [0.4, 0.5) is 27.6 Å². The fraction of sp³-hybridized carbons (Fsp3) is 0.562. The average Bonchev–Trinajstić information content (AvgIpc) is 3.45. The van der Waals surface area contributed by atoms with Crippen molar-refractivity contribution in [1.82, 2.24) is 10.6 Å². The van der Waals surface area contributed by atoms with Gasteiger partial charge in [0.2, 0.25) is 0 Å². The molecule has 1 aliphatic heterocycles. The van der Waals surface area contributed by atoms with Crippen LogP contribution in [0.15, 0.2) is 53.4 Å². The Hall–Kier alpha value is -3.28. The summed E-state index contributed by atoms with van der Waals surface area (Å²) in [7, 11) is -3.40. The molecule has 14 heteroatoms. The molecule has 1 amide bonds. The second kappa shape index (κ2) is 15.5. The molecule has 0 aromatic heterocycles. The number of alkyl halides is 5. The van der Waals surface area contributed by atoms with Crippen LogP contribution in [0, 0.1) is 23.2 Å². The molecule has 2 aromatic carbocycles. The SMILES string of the molecule is CCS(=O)(=O)c1ccc([C@H](CC#N)NC(=O)c2ccc(N3C[C@@H](NC[C@H]4CC[C@H](C(F)(F)F)CC4)C[C@H]3COC(F)F)cc2)cc1. The Morgan fingerprint density at radius 3 is 2.28 bits per heavy atom. The number of anilines is 1. The first kappa shape index (κ1) is 35.6. The van der Waals surface area contributed by atoms with Crippen molar-refractivity contribution in [2.24, 2.45) is 11.8 Å². The quantitative estimate of drug-likeness (QED) is 0.251. The van der Waals surface area contributed by atoms with Gasteiger partial charge in [0.1, 0.15) is 0 Å². The van der Waals surface area contributed by atoms with Crippen molar-refractivity contribution in [3.05, 3.63) is 59.7 Å². The number of rotatable bonds is 13. The molecule has 1 aliphatic carbocycles. The molecule has 3 atom stereocenters. The van der Waals surface area contributed by atoms with Crippen molar-refractivity contribution in [1.29, 1.82) is 5.26 Å². The minimum atomic E-state index is -4.16. The monoisotopic (exact) mass is 670 g/mol. The number of carbonyl (C=O) groups is 1. The lowest BCUT2D eigenvalue weighted by Gasteiger charge is -2.30. The maximum Gasteiger partial charge on any atom is 0.391 e. The predicted molar refractivity (Wildman–Crippen MR) is 162 cm³/mol. The van der Waals surface area contributed by atoms with Crippen LogP contribution in [-0.4, -0.2) is 64.6 Å². The smallest absolute Gasteiger partial charge is 0.365 e. The molecule has 8 nitrogen and oxygen atoms in total. The number of nitrogens with one attached hydrogen (secondary N) is 2. The van der Waals surface area contributed by atoms with Crippen molar-refractivity contribution in [3.63, 3.8) is 0 Å². The molecular formula is C32H39F5N4O4S. The minimum absolute atomic E-state index is 0.0402. The van der Waals surface area contributed by atoms with Crippen LogP contribution in [0.3, 0.4) is 0 Å². The molecule has 0 radical (unpaired) electrons. The summed E-state index contributed by atoms with van der Waals surface area (Å²) in [6, 6.07) is 13.5. The van der Waals surface area contributed by atoms with Crippen LogP contribution in [0.1, 0.15) is 67.4 Å². The van der Waals surface area contributed by atoms with Crippen LogP contribution in [0.5, 0.6) is 0 Å². The zero-order valence-corrected chi connectivity index (χ0v) is 26.3. The van der Waals surface area contributed by atoms with Gasteiger partial charge in [0.25, 0.3) is 5.91 Å². The van der Waals surface area contributed by atoms with E-state index in [4.69, 9.17) is 0 Å². The normalized spacial score (nSPS) is 22.9. The minimum Gasteiger partial charge on any atom is -0.365 e. The molecular weight excluding hydrogens is 631 g/mol. The third-order valence-corrected chi connectivity index (χ3v) is 10.7. The van der Waals surface area contributed by atoms with E-state index in [1.54, 1.807) is 43.3 Å². The number of nitrogens with zero attached hydrogens (tertiary/aromatic N) is 2. The van der Waals surface area contributed by atoms with Crippen LogP contribution >= 0.6 is 0 Å². The third kappa shape index (κ3) is 9.39. The van der Waals surface area contributed by atoms with Gasteiger partial charge in [0.15, 0.2) is 9.84 Å². The summed E-state index contributed by atoms with van der Waals surface area (Å²) in [4.78, 5) is 15.2. The lowest BCUT2D eigenvalue weighted by molar-refractivity contribution is -0.183. The lowest BCUT2D eigenvalue weighted by atomic mass is 9.81. The van der Waals surface area contributed by atoms with E-state index in [2.05, 4.69) is 15.4 Å². The summed E-state index contributed by atoms with van der Waals surface area (Å²) in [5, 5.41) is 15.6. The number of ether oxygens (including phenoxy) is 1. The van der Waals surface area contributed by atoms with E-state index in [0.29, 0.717) is 49.2 Å². The maximum atomic E-state index is 13.1. The molecule has 0 bridgehead atoms. The van der Waals surface area contributed by atoms with E-state index in [1.807, 2.05) is 11.0 Å². The Bertz CT molecular complexity index is 1440. The second-order valence-corrected chi connectivity index (χ2v) is 14.2. The summed E-state index contributed by atoms with van der Waals surface area (Å²) in [5.41, 5.74) is 1.57. The van der Waals surface area contributed by atoms with Crippen LogP contribution < -0.4 is 15.5 Å². The van der Waals surface area contributed by atoms with Crippen LogP contribution in [0.2, 0.25) is 0 Å². The molecule has 4 rings (SSSR count). The largest absolute Gasteiger partial charge is 0.391 e. The fourth-order valence-electron chi connectivity index (χ4n) is 6.21. The van der Waals surface area contributed by atoms with Crippen molar-refractivity contribution >= 4 is 21.4 Å². The van der Waals surface area contributed by atoms with Gasteiger partial charge in [0.05, 0.1) is 47.7 Å². The number of halogens is 5. The van der Waals surface area contributed by atoms with Crippen molar-refractivity contribution in [2.45, 2.75) is 81.3 Å². The summed E-state index contributed by atoms with van der Waals surface area (Å²) < 4.78 is 93.8. The van der Waals surface area contributed by atoms with Crippen molar-refractivity contribution in [2.75, 3.05) is 30.3 Å². The van der Waals surface area contributed by atoms with Gasteiger partial charge in [-0.15, -0.1) is 0 Å². The average molecular weight is 671 g/mol. The number of hydrogen-bond donors (Lipinski definition) is 2. The summed E-state index contributed by atoms with van der Waals surface area (Å²) in [5.74, 6) is -1.63. The standard InChI is InChI=1S/C32H39F5N4O4S/c1-2-46(43,44)28-13-7-22(8-14-28)29(15-16-38)40-30(42)23-5-11-26(12-6-23)41-19-25(17-27(41)20-45-31(33)34)39-18-21-3-9-24(10-4-21)32(35,36)37/h5-8,11-14,21,24-25,27,29,31,39H,2-4,9-10,15,17-20H2,1H3,(H,40,42)/t21-,24-,25-,27-,29-/m0/s1. The molecule has 2 fully saturated rings. The van der Waals surface area contributed by atoms with Gasteiger partial charge in [-0.1, -0.05) is 19.1 Å². The highest BCUT2D eigenvalue weighted by Gasteiger charge is 2.41. The first-order chi connectivity index (χ1) is 21.8. The third-order valence-electron chi connectivity index (χ3n) is 8.92. The second-order valence-electron chi connectivity index (χ2n) is 11.9. The molecule has 0 unspecified atom stereocenters. The van der Waals surface area contributed by atoms with Gasteiger partial charge >= 0.3 is 12.8 Å². The van der Waals surface area contributed by atoms with Gasteiger partial charge in [-0.05, 0) is 86.5 Å². The Balaban J connectivity index is 1.38. The number of benzene rings is 2. The first-order valence-corrected chi connectivity index (χ1v) is 17.0. The highest BCUT2D eigenvalue weighted by molar-refractivity contribution is 7.91. The van der Waals surface area contributed by atoms with E-state index < -0.39 is 40.5 Å². The number of carbonyl (C=O) groups excluding carboxylic acids is 1. The first-order valence-electron chi connectivity index (χ1n) is 15.4. The molecule has 1 saturated carbocycles. The predicted octanol–water partition coefficient (Wildman–Crippen LogP) is 6.01. The molecule has 252 valence electrons. The van der Waals surface area contributed by atoms with Gasteiger partial charge in [-0.3, -0.25) is 4.79 Å². The fourth-order valence-corrected chi connectivity index (χ4v) is 7.10. The molecule has 2 N–H and O–H groups in total. The van der Waals surface area contributed by atoms with Crippen LogP contribution in [-0.2, 0) is 14.6 Å². The zero-order chi connectivity index (χ0) is 33.5. The van der Waals surface area contributed by atoms with Crippen molar-refractivity contribution in [3.8, 4) is 6.07 Å². The van der Waals surface area contributed by atoms with Gasteiger partial charge < -0.3 is 20.3 Å². The van der Waals surface area contributed by atoms with E-state index >= 15 is 0 Å². The summed E-state index contributed by atoms with van der Waals surface area (Å²) >= 11 is 0. The lowest BCUT2D eigenvalue weighted by Crippen LogP contribution is -2.38. The molecule has 1 saturated heterocycles. The molecule has 2 aromatic rings. The number of hydrogen-bond acceptors (Lipinski definition) is 7. The maximum absolute atomic E-state index is 13.1. The Kier molecular flexibility index (Phi) is 12.0. The number of sulfone groups is 1. The van der Waals surface area contributed by atoms with Crippen molar-refractivity contribution < 1.29 is 39.9 Å². The van der Waals surface area contributed by atoms with E-state index in [-0.39, 0.29) is 54.5 Å². The zero-order valence-electron chi connectivity index (χ0n) is 25.5. The van der Waals surface area contributed by atoms with E-state index in [9.17, 15) is 40.4 Å². The number of nitriles is 1.